The number of unbranched alkanes of at least 4 members (excludes halogenated alkanes) is 1. The summed E-state index contributed by atoms with van der Waals surface area (Å²) < 4.78 is 19.6. The molecule has 0 atom stereocenters. The second-order valence-corrected chi connectivity index (χ2v) is 6.08. The van der Waals surface area contributed by atoms with Gasteiger partial charge in [0.15, 0.2) is 5.75 Å². The molecule has 0 aliphatic heterocycles. The largest absolute Gasteiger partial charge is 0.504 e. The summed E-state index contributed by atoms with van der Waals surface area (Å²) in [5.74, 6) is 0.565. The molecule has 22 heavy (non-hydrogen) atoms. The lowest BCUT2D eigenvalue weighted by Crippen LogP contribution is -2.00. The molecule has 1 aromatic heterocycles. The molecule has 118 valence electrons. The average Bonchev–Trinajstić information content (AvgIpc) is 3.26. The van der Waals surface area contributed by atoms with E-state index in [-0.39, 0.29) is 10.8 Å². The van der Waals surface area contributed by atoms with E-state index in [2.05, 4.69) is 12.2 Å². The number of nitrogens with one attached hydrogen (secondary N) is 1. The number of halogens is 2. The minimum atomic E-state index is -0.507. The highest BCUT2D eigenvalue weighted by molar-refractivity contribution is 6.33. The molecule has 0 unspecified atom stereocenters. The van der Waals surface area contributed by atoms with Gasteiger partial charge in [-0.25, -0.2) is 4.39 Å². The van der Waals surface area contributed by atoms with Crippen LogP contribution in [0, 0.1) is 5.82 Å². The van der Waals surface area contributed by atoms with Crippen molar-refractivity contribution in [1.82, 2.24) is 0 Å². The zero-order valence-electron chi connectivity index (χ0n) is 12.5. The third kappa shape index (κ3) is 2.93. The Morgan fingerprint density at radius 1 is 1.41 bits per heavy atom. The van der Waals surface area contributed by atoms with Crippen molar-refractivity contribution in [2.24, 2.45) is 0 Å². The quantitative estimate of drug-likeness (QED) is 0.752. The zero-order valence-corrected chi connectivity index (χ0v) is 13.2. The lowest BCUT2D eigenvalue weighted by Gasteiger charge is -2.07. The average molecular weight is 324 g/mol. The maximum absolute atomic E-state index is 13.7. The molecule has 1 aliphatic carbocycles. The first-order valence-corrected chi connectivity index (χ1v) is 8.05. The predicted molar refractivity (Wildman–Crippen MR) is 86.0 cm³/mol. The van der Waals surface area contributed by atoms with Crippen LogP contribution in [0.15, 0.2) is 22.6 Å². The molecule has 0 amide bonds. The van der Waals surface area contributed by atoms with Crippen LogP contribution in [-0.2, 0) is 6.42 Å². The molecule has 3 nitrogen and oxygen atoms in total. The Labute approximate surface area is 134 Å². The first-order chi connectivity index (χ1) is 10.6. The number of aryl methyl sites for hydroxylation is 1. The van der Waals surface area contributed by atoms with E-state index < -0.39 is 5.82 Å². The topological polar surface area (TPSA) is 45.4 Å². The normalized spacial score (nSPS) is 14.3. The Morgan fingerprint density at radius 3 is 2.86 bits per heavy atom. The lowest BCUT2D eigenvalue weighted by atomic mass is 10.1. The summed E-state index contributed by atoms with van der Waals surface area (Å²) in [4.78, 5) is 0. The van der Waals surface area contributed by atoms with Crippen LogP contribution in [0.1, 0.15) is 38.4 Å². The van der Waals surface area contributed by atoms with Gasteiger partial charge in [-0.05, 0) is 25.3 Å². The minimum Gasteiger partial charge on any atom is -0.504 e. The fraction of sp³-hybridized carbons (Fsp3) is 0.412. The second-order valence-electron chi connectivity index (χ2n) is 5.70. The summed E-state index contributed by atoms with van der Waals surface area (Å²) in [6.07, 6.45) is 4.71. The van der Waals surface area contributed by atoms with Crippen LogP contribution in [0.5, 0.6) is 5.75 Å². The summed E-state index contributed by atoms with van der Waals surface area (Å²) in [5, 5.41) is 13.8. The van der Waals surface area contributed by atoms with Crippen LogP contribution in [0.25, 0.3) is 11.1 Å². The van der Waals surface area contributed by atoms with Crippen LogP contribution in [0.3, 0.4) is 0 Å². The van der Waals surface area contributed by atoms with Gasteiger partial charge in [-0.2, -0.15) is 0 Å². The van der Waals surface area contributed by atoms with Gasteiger partial charge in [0.05, 0.1) is 10.6 Å². The Morgan fingerprint density at radius 2 is 2.18 bits per heavy atom. The molecule has 3 rings (SSSR count). The van der Waals surface area contributed by atoms with Crippen LogP contribution >= 0.6 is 11.6 Å². The fourth-order valence-corrected chi connectivity index (χ4v) is 2.66. The third-order valence-corrected chi connectivity index (χ3v) is 4.23. The summed E-state index contributed by atoms with van der Waals surface area (Å²) in [5.41, 5.74) is 0.913. The Hall–Kier alpha value is -1.68. The van der Waals surface area contributed by atoms with Crippen LogP contribution in [0.4, 0.5) is 10.3 Å². The van der Waals surface area contributed by atoms with E-state index in [0.717, 1.165) is 25.7 Å². The highest BCUT2D eigenvalue weighted by Gasteiger charge is 2.28. The number of aromatic hydroxyl groups is 1. The van der Waals surface area contributed by atoms with Crippen molar-refractivity contribution >= 4 is 17.5 Å². The van der Waals surface area contributed by atoms with Gasteiger partial charge in [0.25, 0.3) is 0 Å². The van der Waals surface area contributed by atoms with E-state index >= 15 is 0 Å². The van der Waals surface area contributed by atoms with Gasteiger partial charge >= 0.3 is 0 Å². The van der Waals surface area contributed by atoms with E-state index in [1.54, 1.807) is 12.1 Å². The number of rotatable bonds is 6. The molecule has 1 saturated carbocycles. The van der Waals surface area contributed by atoms with Crippen molar-refractivity contribution < 1.29 is 13.9 Å². The van der Waals surface area contributed by atoms with Crippen molar-refractivity contribution in [3.8, 4) is 16.9 Å². The van der Waals surface area contributed by atoms with Gasteiger partial charge in [0.2, 0.25) is 5.88 Å². The molecule has 1 fully saturated rings. The molecule has 0 spiro atoms. The molecule has 0 radical (unpaired) electrons. The Kier molecular flexibility index (Phi) is 4.30. The Balaban J connectivity index is 2.06. The molecule has 0 saturated heterocycles. The summed E-state index contributed by atoms with van der Waals surface area (Å²) >= 11 is 6.08. The highest BCUT2D eigenvalue weighted by Crippen LogP contribution is 2.46. The summed E-state index contributed by atoms with van der Waals surface area (Å²) in [7, 11) is 0. The molecule has 2 N–H and O–H groups in total. The molecule has 1 heterocycles. The van der Waals surface area contributed by atoms with Gasteiger partial charge in [-0.1, -0.05) is 37.1 Å². The smallest absolute Gasteiger partial charge is 0.205 e. The van der Waals surface area contributed by atoms with E-state index in [4.69, 9.17) is 16.0 Å². The van der Waals surface area contributed by atoms with Crippen molar-refractivity contribution in [2.75, 3.05) is 5.32 Å². The van der Waals surface area contributed by atoms with Gasteiger partial charge in [0.1, 0.15) is 11.6 Å². The number of anilines is 1. The monoisotopic (exact) mass is 323 g/mol. The van der Waals surface area contributed by atoms with Gasteiger partial charge in [0, 0.05) is 18.0 Å². The first kappa shape index (κ1) is 15.2. The number of hydrogen-bond acceptors (Lipinski definition) is 3. The van der Waals surface area contributed by atoms with Crippen LogP contribution in [-0.4, -0.2) is 11.1 Å². The van der Waals surface area contributed by atoms with E-state index in [9.17, 15) is 9.50 Å². The van der Waals surface area contributed by atoms with E-state index in [1.807, 2.05) is 0 Å². The molecular weight excluding hydrogens is 305 g/mol. The molecule has 1 aliphatic rings. The van der Waals surface area contributed by atoms with Gasteiger partial charge in [-0.15, -0.1) is 0 Å². The standard InChI is InChI=1S/C17H19ClFNO2/c1-2-3-7-13-16(21)14(17(22-13)20-10-8-9-10)11-5-4-6-12(19)15(11)18/h4-6,10,20-21H,2-3,7-9H2,1H3. The minimum absolute atomic E-state index is 0.000474. The predicted octanol–water partition coefficient (Wildman–Crippen LogP) is 5.36. The summed E-state index contributed by atoms with van der Waals surface area (Å²) in [6, 6.07) is 4.93. The van der Waals surface area contributed by atoms with Crippen molar-refractivity contribution in [1.29, 1.82) is 0 Å². The van der Waals surface area contributed by atoms with Crippen LogP contribution in [0.2, 0.25) is 5.02 Å². The number of furan rings is 1. The zero-order chi connectivity index (χ0) is 15.7. The van der Waals surface area contributed by atoms with Crippen LogP contribution < -0.4 is 5.32 Å². The number of hydrogen-bond donors (Lipinski definition) is 2. The third-order valence-electron chi connectivity index (χ3n) is 3.84. The van der Waals surface area contributed by atoms with Crippen molar-refractivity contribution in [3.63, 3.8) is 0 Å². The Bertz CT molecular complexity index is 680. The lowest BCUT2D eigenvalue weighted by molar-refractivity contribution is 0.431. The number of benzene rings is 1. The maximum Gasteiger partial charge on any atom is 0.205 e. The fourth-order valence-electron chi connectivity index (χ4n) is 2.44. The molecule has 0 bridgehead atoms. The molecular formula is C17H19ClFNO2. The SMILES string of the molecule is CCCCc1oc(NC2CC2)c(-c2cccc(F)c2Cl)c1O. The molecule has 5 heteroatoms. The molecule has 1 aromatic carbocycles. The van der Waals surface area contributed by atoms with E-state index in [0.29, 0.717) is 35.2 Å². The van der Waals surface area contributed by atoms with Gasteiger partial charge < -0.3 is 14.8 Å². The maximum atomic E-state index is 13.7. The molecule has 2 aromatic rings. The van der Waals surface area contributed by atoms with Gasteiger partial charge in [-0.3, -0.25) is 0 Å². The van der Waals surface area contributed by atoms with Crippen molar-refractivity contribution in [3.05, 3.63) is 34.8 Å². The van der Waals surface area contributed by atoms with Crippen molar-refractivity contribution in [2.45, 2.75) is 45.1 Å². The van der Waals surface area contributed by atoms with E-state index in [1.165, 1.54) is 6.07 Å². The first-order valence-electron chi connectivity index (χ1n) is 7.67. The second kappa shape index (κ2) is 6.21. The highest BCUT2D eigenvalue weighted by atomic mass is 35.5. The summed E-state index contributed by atoms with van der Waals surface area (Å²) in [6.45, 7) is 2.08.